The summed E-state index contributed by atoms with van der Waals surface area (Å²) in [6, 6.07) is 40.2. The first-order valence-electron chi connectivity index (χ1n) is 13.9. The van der Waals surface area contributed by atoms with Crippen LogP contribution in [-0.2, 0) is 10.0 Å². The predicted molar refractivity (Wildman–Crippen MR) is 171 cm³/mol. The Hall–Kier alpha value is -4.72. The van der Waals surface area contributed by atoms with E-state index in [-0.39, 0.29) is 4.90 Å². The molecule has 0 saturated heterocycles. The zero-order valence-corrected chi connectivity index (χ0v) is 25.2. The molecule has 218 valence electrons. The second-order valence-corrected chi connectivity index (χ2v) is 11.8. The first-order chi connectivity index (χ1) is 20.9. The molecule has 0 radical (unpaired) electrons. The molecule has 0 bridgehead atoms. The number of sulfonamides is 1. The van der Waals surface area contributed by atoms with Gasteiger partial charge < -0.3 is 9.47 Å². The molecule has 2 unspecified atom stereocenters. The number of methoxy groups -OCH3 is 2. The lowest BCUT2D eigenvalue weighted by molar-refractivity contribution is 0.413. The monoisotopic (exact) mass is 590 g/mol. The van der Waals surface area contributed by atoms with Crippen molar-refractivity contribution in [3.8, 4) is 11.5 Å². The summed E-state index contributed by atoms with van der Waals surface area (Å²) in [7, 11) is -0.731. The highest BCUT2D eigenvalue weighted by molar-refractivity contribution is 7.89. The Morgan fingerprint density at radius 3 is 1.56 bits per heavy atom. The van der Waals surface area contributed by atoms with Crippen LogP contribution in [0.25, 0.3) is 0 Å². The van der Waals surface area contributed by atoms with E-state index in [1.807, 2.05) is 116 Å². The first kappa shape index (κ1) is 29.8. The van der Waals surface area contributed by atoms with Crippen molar-refractivity contribution < 1.29 is 17.9 Å². The van der Waals surface area contributed by atoms with E-state index < -0.39 is 22.1 Å². The van der Waals surface area contributed by atoms with Gasteiger partial charge in [-0.25, -0.2) is 13.1 Å². The highest BCUT2D eigenvalue weighted by atomic mass is 32.2. The van der Waals surface area contributed by atoms with E-state index in [0.29, 0.717) is 11.5 Å². The van der Waals surface area contributed by atoms with Crippen LogP contribution in [-0.4, -0.2) is 28.3 Å². The summed E-state index contributed by atoms with van der Waals surface area (Å²) in [6.45, 7) is 1.92. The number of rotatable bonds is 11. The Morgan fingerprint density at radius 2 is 1.09 bits per heavy atom. The molecule has 0 saturated carbocycles. The molecule has 0 aromatic heterocycles. The molecule has 0 heterocycles. The van der Waals surface area contributed by atoms with E-state index in [4.69, 9.17) is 14.5 Å². The van der Waals surface area contributed by atoms with Crippen molar-refractivity contribution >= 4 is 15.7 Å². The van der Waals surface area contributed by atoms with E-state index in [9.17, 15) is 8.42 Å². The molecule has 7 heteroatoms. The first-order valence-corrected chi connectivity index (χ1v) is 15.4. The van der Waals surface area contributed by atoms with Gasteiger partial charge in [-0.15, -0.1) is 0 Å². The third kappa shape index (κ3) is 7.20. The Kier molecular flexibility index (Phi) is 9.35. The molecule has 6 nitrogen and oxygen atoms in total. The van der Waals surface area contributed by atoms with Crippen LogP contribution in [0.5, 0.6) is 11.5 Å². The number of nitrogens with zero attached hydrogens (tertiary/aromatic N) is 1. The molecule has 1 N–H and O–H groups in total. The summed E-state index contributed by atoms with van der Waals surface area (Å²) in [5.74, 6) is 1.36. The number of hydrogen-bond acceptors (Lipinski definition) is 5. The maximum absolute atomic E-state index is 13.9. The number of aryl methyl sites for hydroxylation is 1. The van der Waals surface area contributed by atoms with Crippen molar-refractivity contribution in [2.45, 2.75) is 23.9 Å². The quantitative estimate of drug-likeness (QED) is 0.164. The van der Waals surface area contributed by atoms with E-state index in [0.717, 1.165) is 33.5 Å². The average Bonchev–Trinajstić information content (AvgIpc) is 3.05. The smallest absolute Gasteiger partial charge is 0.241 e. The summed E-state index contributed by atoms with van der Waals surface area (Å²) < 4.78 is 41.7. The van der Waals surface area contributed by atoms with Gasteiger partial charge in [0.25, 0.3) is 0 Å². The number of hydrogen-bond donors (Lipinski definition) is 1. The molecule has 5 rings (SSSR count). The van der Waals surface area contributed by atoms with Gasteiger partial charge in [0.05, 0.1) is 36.9 Å². The average molecular weight is 591 g/mol. The number of nitrogens with one attached hydrogen (secondary N) is 1. The zero-order valence-electron chi connectivity index (χ0n) is 24.3. The van der Waals surface area contributed by atoms with Gasteiger partial charge in [-0.05, 0) is 54.4 Å². The third-order valence-corrected chi connectivity index (χ3v) is 8.68. The largest absolute Gasteiger partial charge is 0.497 e. The van der Waals surface area contributed by atoms with Crippen LogP contribution >= 0.6 is 0 Å². The van der Waals surface area contributed by atoms with Crippen LogP contribution < -0.4 is 14.2 Å². The molecule has 0 aliphatic heterocycles. The molecule has 5 aromatic rings. The molecule has 0 aliphatic carbocycles. The molecule has 43 heavy (non-hydrogen) atoms. The molecule has 2 atom stereocenters. The fourth-order valence-corrected chi connectivity index (χ4v) is 6.10. The van der Waals surface area contributed by atoms with Crippen LogP contribution in [0.15, 0.2) is 143 Å². The second kappa shape index (κ2) is 13.5. The Balaban J connectivity index is 1.73. The van der Waals surface area contributed by atoms with Crippen molar-refractivity contribution in [1.29, 1.82) is 0 Å². The summed E-state index contributed by atoms with van der Waals surface area (Å²) in [5.41, 5.74) is 5.11. The maximum Gasteiger partial charge on any atom is 0.241 e. The summed E-state index contributed by atoms with van der Waals surface area (Å²) in [6.07, 6.45) is 0. The van der Waals surface area contributed by atoms with Crippen LogP contribution in [0.4, 0.5) is 0 Å². The van der Waals surface area contributed by atoms with Crippen molar-refractivity contribution in [2.24, 2.45) is 4.99 Å². The minimum absolute atomic E-state index is 0.181. The minimum Gasteiger partial charge on any atom is -0.497 e. The van der Waals surface area contributed by atoms with Crippen molar-refractivity contribution in [2.75, 3.05) is 14.2 Å². The lowest BCUT2D eigenvalue weighted by atomic mass is 9.93. The van der Waals surface area contributed by atoms with Gasteiger partial charge >= 0.3 is 0 Å². The third-order valence-electron chi connectivity index (χ3n) is 7.22. The number of aliphatic imine (C=N–C) groups is 1. The Morgan fingerprint density at radius 1 is 0.628 bits per heavy atom. The molecule has 5 aromatic carbocycles. The van der Waals surface area contributed by atoms with Gasteiger partial charge in [0.1, 0.15) is 11.5 Å². The zero-order chi connectivity index (χ0) is 30.2. The number of ether oxygens (including phenoxy) is 2. The summed E-state index contributed by atoms with van der Waals surface area (Å²) in [4.78, 5) is 5.55. The SMILES string of the molecule is COc1ccc(C(N=C(c2ccccc2)c2ccccc2)C(NS(=O)(=O)c2ccc(C)cc2)c2ccc(OC)cc2)cc1. The topological polar surface area (TPSA) is 77.0 Å². The Bertz CT molecular complexity index is 1710. The lowest BCUT2D eigenvalue weighted by Crippen LogP contribution is -2.33. The normalized spacial score (nSPS) is 12.6. The van der Waals surface area contributed by atoms with Crippen molar-refractivity contribution in [3.05, 3.63) is 161 Å². The second-order valence-electron chi connectivity index (χ2n) is 10.1. The molecule has 0 amide bonds. The molecular weight excluding hydrogens is 556 g/mol. The highest BCUT2D eigenvalue weighted by Crippen LogP contribution is 2.36. The van der Waals surface area contributed by atoms with Gasteiger partial charge in [0.2, 0.25) is 10.0 Å². The van der Waals surface area contributed by atoms with Gasteiger partial charge in [0, 0.05) is 11.1 Å². The van der Waals surface area contributed by atoms with Gasteiger partial charge in [-0.1, -0.05) is 103 Å². The molecular formula is C36H34N2O4S. The fourth-order valence-electron chi connectivity index (χ4n) is 4.87. The van der Waals surface area contributed by atoms with Crippen LogP contribution in [0, 0.1) is 6.92 Å². The van der Waals surface area contributed by atoms with Crippen LogP contribution in [0.2, 0.25) is 0 Å². The Labute approximate surface area is 253 Å². The van der Waals surface area contributed by atoms with E-state index in [1.54, 1.807) is 38.5 Å². The molecule has 0 aliphatic rings. The standard InChI is InChI=1S/C36H34N2O4S/c1-26-14-24-33(25-15-26)43(39,40)38-36(30-18-22-32(42-3)23-19-30)35(29-16-20-31(41-2)21-17-29)37-34(27-10-6-4-7-11-27)28-12-8-5-9-13-28/h4-25,35-36,38H,1-3H3. The fraction of sp³-hybridized carbons (Fsp3) is 0.139. The number of benzene rings is 5. The van der Waals surface area contributed by atoms with Crippen molar-refractivity contribution in [1.82, 2.24) is 4.72 Å². The minimum atomic E-state index is -3.95. The van der Waals surface area contributed by atoms with Gasteiger partial charge in [-0.2, -0.15) is 0 Å². The van der Waals surface area contributed by atoms with Gasteiger partial charge in [0.15, 0.2) is 0 Å². The van der Waals surface area contributed by atoms with Crippen LogP contribution in [0.3, 0.4) is 0 Å². The molecule has 0 fully saturated rings. The van der Waals surface area contributed by atoms with Gasteiger partial charge in [-0.3, -0.25) is 4.99 Å². The summed E-state index contributed by atoms with van der Waals surface area (Å²) in [5, 5.41) is 0. The predicted octanol–water partition coefficient (Wildman–Crippen LogP) is 7.31. The van der Waals surface area contributed by atoms with Crippen molar-refractivity contribution in [3.63, 3.8) is 0 Å². The lowest BCUT2D eigenvalue weighted by Gasteiger charge is -2.28. The van der Waals surface area contributed by atoms with E-state index >= 15 is 0 Å². The van der Waals surface area contributed by atoms with E-state index in [1.165, 1.54) is 0 Å². The highest BCUT2D eigenvalue weighted by Gasteiger charge is 2.31. The maximum atomic E-state index is 13.9. The summed E-state index contributed by atoms with van der Waals surface area (Å²) >= 11 is 0. The van der Waals surface area contributed by atoms with Crippen LogP contribution in [0.1, 0.15) is 39.9 Å². The van der Waals surface area contributed by atoms with E-state index in [2.05, 4.69) is 4.72 Å². The molecule has 0 spiro atoms.